The molecule has 0 saturated heterocycles. The Bertz CT molecular complexity index is 1040. The molecular formula is C18H12Br2N2O2. The maximum Gasteiger partial charge on any atom is 0.261 e. The van der Waals surface area contributed by atoms with Crippen molar-refractivity contribution in [3.05, 3.63) is 72.9 Å². The number of amides is 1. The summed E-state index contributed by atoms with van der Waals surface area (Å²) in [6, 6.07) is 11.1. The first kappa shape index (κ1) is 15.6. The van der Waals surface area contributed by atoms with E-state index < -0.39 is 0 Å². The molecule has 120 valence electrons. The molecule has 4 nitrogen and oxygen atoms in total. The molecule has 1 amide bonds. The number of pyridine rings is 1. The first-order valence-corrected chi connectivity index (χ1v) is 9.04. The number of halogens is 2. The highest BCUT2D eigenvalue weighted by atomic mass is 79.9. The van der Waals surface area contributed by atoms with Gasteiger partial charge in [0.15, 0.2) is 0 Å². The predicted molar refractivity (Wildman–Crippen MR) is 102 cm³/mol. The first-order valence-electron chi connectivity index (χ1n) is 7.45. The minimum absolute atomic E-state index is 0.163. The summed E-state index contributed by atoms with van der Waals surface area (Å²) in [7, 11) is 0. The lowest BCUT2D eigenvalue weighted by molar-refractivity contribution is 0.102. The standard InChI is InChI=1S/C18H12Br2N2O2/c19-11-1-3-13(4-2-11)21-18(24)15-9-22-6-5-10-7-12(20)8-14(16(10)22)17(15)23/h1-4,7-9H,5-6H2,(H,21,24). The van der Waals surface area contributed by atoms with Crippen molar-refractivity contribution in [3.63, 3.8) is 0 Å². The topological polar surface area (TPSA) is 51.1 Å². The summed E-state index contributed by atoms with van der Waals surface area (Å²) in [5.41, 5.74) is 2.65. The summed E-state index contributed by atoms with van der Waals surface area (Å²) in [4.78, 5) is 25.4. The Balaban J connectivity index is 1.80. The number of carbonyl (C=O) groups excluding carboxylic acids is 1. The van der Waals surface area contributed by atoms with Crippen molar-refractivity contribution in [2.75, 3.05) is 5.32 Å². The smallest absolute Gasteiger partial charge is 0.261 e. The zero-order valence-corrected chi connectivity index (χ0v) is 15.6. The molecule has 0 atom stereocenters. The van der Waals surface area contributed by atoms with Crippen molar-refractivity contribution in [2.45, 2.75) is 13.0 Å². The van der Waals surface area contributed by atoms with Crippen LogP contribution < -0.4 is 10.7 Å². The molecule has 0 fully saturated rings. The van der Waals surface area contributed by atoms with Gasteiger partial charge in [0.2, 0.25) is 5.43 Å². The van der Waals surface area contributed by atoms with Crippen LogP contribution in [0.2, 0.25) is 0 Å². The molecule has 6 heteroatoms. The monoisotopic (exact) mass is 446 g/mol. The van der Waals surface area contributed by atoms with Crippen LogP contribution in [0.4, 0.5) is 5.69 Å². The molecule has 0 unspecified atom stereocenters. The Hall–Kier alpha value is -1.92. The summed E-state index contributed by atoms with van der Waals surface area (Å²) in [5, 5.41) is 3.37. The van der Waals surface area contributed by atoms with E-state index in [1.54, 1.807) is 24.4 Å². The molecule has 0 saturated carbocycles. The minimum Gasteiger partial charge on any atom is -0.346 e. The van der Waals surface area contributed by atoms with Gasteiger partial charge in [-0.1, -0.05) is 31.9 Å². The first-order chi connectivity index (χ1) is 11.5. The molecule has 1 aromatic heterocycles. The van der Waals surface area contributed by atoms with Gasteiger partial charge in [-0.15, -0.1) is 0 Å². The van der Waals surface area contributed by atoms with Gasteiger partial charge >= 0.3 is 0 Å². The molecule has 0 spiro atoms. The Kier molecular flexibility index (Phi) is 3.81. The summed E-state index contributed by atoms with van der Waals surface area (Å²) in [6.07, 6.45) is 2.54. The third-order valence-electron chi connectivity index (χ3n) is 4.18. The van der Waals surface area contributed by atoms with Crippen molar-refractivity contribution in [2.24, 2.45) is 0 Å². The molecular weight excluding hydrogens is 436 g/mol. The van der Waals surface area contributed by atoms with E-state index in [4.69, 9.17) is 0 Å². The van der Waals surface area contributed by atoms with E-state index in [0.717, 1.165) is 33.0 Å². The lowest BCUT2D eigenvalue weighted by Gasteiger charge is -2.10. The van der Waals surface area contributed by atoms with Crippen LogP contribution in [0.25, 0.3) is 10.9 Å². The zero-order valence-electron chi connectivity index (χ0n) is 12.5. The molecule has 4 rings (SSSR count). The number of anilines is 1. The van der Waals surface area contributed by atoms with Gasteiger partial charge in [-0.25, -0.2) is 0 Å². The third-order valence-corrected chi connectivity index (χ3v) is 5.17. The van der Waals surface area contributed by atoms with E-state index in [1.165, 1.54) is 0 Å². The SMILES string of the molecule is O=C(Nc1ccc(Br)cc1)c1cn2c3c(cc(Br)cc3c1=O)CC2. The molecule has 0 aliphatic carbocycles. The minimum atomic E-state index is -0.388. The van der Waals surface area contributed by atoms with Crippen molar-refractivity contribution in [1.82, 2.24) is 4.57 Å². The largest absolute Gasteiger partial charge is 0.346 e. The average Bonchev–Trinajstić information content (AvgIpc) is 2.96. The second-order valence-corrected chi connectivity index (χ2v) is 7.57. The molecule has 2 heterocycles. The third kappa shape index (κ3) is 2.59. The molecule has 1 aliphatic rings. The predicted octanol–water partition coefficient (Wildman–Crippen LogP) is 4.33. The van der Waals surface area contributed by atoms with Crippen LogP contribution in [0.3, 0.4) is 0 Å². The highest BCUT2D eigenvalue weighted by Crippen LogP contribution is 2.28. The number of hydrogen-bond acceptors (Lipinski definition) is 2. The van der Waals surface area contributed by atoms with Gasteiger partial charge in [-0.05, 0) is 48.4 Å². The van der Waals surface area contributed by atoms with Crippen LogP contribution >= 0.6 is 31.9 Å². The molecule has 24 heavy (non-hydrogen) atoms. The molecule has 0 bridgehead atoms. The fourth-order valence-electron chi connectivity index (χ4n) is 3.09. The molecule has 2 aromatic carbocycles. The Morgan fingerprint density at radius 3 is 2.58 bits per heavy atom. The second-order valence-electron chi connectivity index (χ2n) is 5.74. The highest BCUT2D eigenvalue weighted by molar-refractivity contribution is 9.10. The quantitative estimate of drug-likeness (QED) is 0.635. The van der Waals surface area contributed by atoms with Gasteiger partial charge in [-0.2, -0.15) is 0 Å². The van der Waals surface area contributed by atoms with Gasteiger partial charge in [0, 0.05) is 32.8 Å². The van der Waals surface area contributed by atoms with Crippen molar-refractivity contribution >= 4 is 54.4 Å². The Labute approximate surface area is 154 Å². The summed E-state index contributed by atoms with van der Waals surface area (Å²) >= 11 is 6.81. The van der Waals surface area contributed by atoms with E-state index in [-0.39, 0.29) is 16.9 Å². The number of nitrogens with zero attached hydrogens (tertiary/aromatic N) is 1. The highest BCUT2D eigenvalue weighted by Gasteiger charge is 2.21. The van der Waals surface area contributed by atoms with E-state index in [0.29, 0.717) is 11.1 Å². The van der Waals surface area contributed by atoms with Crippen LogP contribution in [-0.2, 0) is 13.0 Å². The number of benzene rings is 2. The number of rotatable bonds is 2. The number of aryl methyl sites for hydroxylation is 2. The van der Waals surface area contributed by atoms with Gasteiger partial charge in [0.1, 0.15) is 5.56 Å². The van der Waals surface area contributed by atoms with Gasteiger partial charge < -0.3 is 9.88 Å². The maximum absolute atomic E-state index is 12.8. The van der Waals surface area contributed by atoms with E-state index >= 15 is 0 Å². The molecule has 3 aromatic rings. The summed E-state index contributed by atoms with van der Waals surface area (Å²) in [5.74, 6) is -0.388. The van der Waals surface area contributed by atoms with Crippen LogP contribution in [0.15, 0.2) is 56.3 Å². The zero-order chi connectivity index (χ0) is 16.8. The van der Waals surface area contributed by atoms with E-state index in [1.807, 2.05) is 22.8 Å². The lowest BCUT2D eigenvalue weighted by atomic mass is 10.1. The number of hydrogen-bond donors (Lipinski definition) is 1. The van der Waals surface area contributed by atoms with Crippen LogP contribution in [0.5, 0.6) is 0 Å². The Morgan fingerprint density at radius 1 is 1.08 bits per heavy atom. The molecule has 1 aliphatic heterocycles. The normalized spacial score (nSPS) is 12.6. The fourth-order valence-corrected chi connectivity index (χ4v) is 3.86. The maximum atomic E-state index is 12.8. The molecule has 0 radical (unpaired) electrons. The van der Waals surface area contributed by atoms with Crippen LogP contribution in [-0.4, -0.2) is 10.5 Å². The number of aromatic nitrogens is 1. The average molecular weight is 448 g/mol. The van der Waals surface area contributed by atoms with Crippen molar-refractivity contribution < 1.29 is 4.79 Å². The summed E-state index contributed by atoms with van der Waals surface area (Å²) < 4.78 is 3.78. The fraction of sp³-hybridized carbons (Fsp3) is 0.111. The van der Waals surface area contributed by atoms with E-state index in [9.17, 15) is 9.59 Å². The van der Waals surface area contributed by atoms with Gasteiger partial charge in [-0.3, -0.25) is 9.59 Å². The lowest BCUT2D eigenvalue weighted by Crippen LogP contribution is -2.23. The number of nitrogens with one attached hydrogen (secondary N) is 1. The molecule has 1 N–H and O–H groups in total. The second kappa shape index (κ2) is 5.86. The Morgan fingerprint density at radius 2 is 1.83 bits per heavy atom. The van der Waals surface area contributed by atoms with E-state index in [2.05, 4.69) is 37.2 Å². The van der Waals surface area contributed by atoms with Crippen LogP contribution in [0.1, 0.15) is 15.9 Å². The van der Waals surface area contributed by atoms with Crippen LogP contribution in [0, 0.1) is 0 Å². The van der Waals surface area contributed by atoms with Crippen molar-refractivity contribution in [3.8, 4) is 0 Å². The number of carbonyl (C=O) groups is 1. The van der Waals surface area contributed by atoms with Gasteiger partial charge in [0.25, 0.3) is 5.91 Å². The summed E-state index contributed by atoms with van der Waals surface area (Å²) in [6.45, 7) is 0.779. The van der Waals surface area contributed by atoms with Crippen molar-refractivity contribution in [1.29, 1.82) is 0 Å². The van der Waals surface area contributed by atoms with Gasteiger partial charge in [0.05, 0.1) is 5.52 Å².